The summed E-state index contributed by atoms with van der Waals surface area (Å²) in [6.45, 7) is 2.19. The normalized spacial score (nSPS) is 18.6. The quantitative estimate of drug-likeness (QED) is 0.718. The maximum atomic E-state index is 6.34. The highest BCUT2D eigenvalue weighted by Crippen LogP contribution is 2.44. The Balaban J connectivity index is 2.44. The van der Waals surface area contributed by atoms with Crippen molar-refractivity contribution in [2.75, 3.05) is 13.0 Å². The molecule has 0 N–H and O–H groups in total. The van der Waals surface area contributed by atoms with Crippen LogP contribution in [0.3, 0.4) is 0 Å². The van der Waals surface area contributed by atoms with E-state index in [-0.39, 0.29) is 5.41 Å². The standard InChI is InChI=1S/C16H23ClO/c1-3-13-7-8-15(18-2)14(11-13)16(12-17)9-5-4-6-10-16/h7-8,11H,3-6,9-10,12H2,1-2H3. The number of rotatable bonds is 4. The Hall–Kier alpha value is -0.690. The Morgan fingerprint density at radius 3 is 2.50 bits per heavy atom. The van der Waals surface area contributed by atoms with Crippen LogP contribution < -0.4 is 4.74 Å². The van der Waals surface area contributed by atoms with Crippen molar-refractivity contribution < 1.29 is 4.74 Å². The van der Waals surface area contributed by atoms with Gasteiger partial charge in [-0.05, 0) is 30.9 Å². The van der Waals surface area contributed by atoms with E-state index in [4.69, 9.17) is 16.3 Å². The molecule has 1 aromatic rings. The van der Waals surface area contributed by atoms with Gasteiger partial charge < -0.3 is 4.74 Å². The summed E-state index contributed by atoms with van der Waals surface area (Å²) >= 11 is 6.34. The van der Waals surface area contributed by atoms with Crippen LogP contribution in [0.15, 0.2) is 18.2 Å². The molecule has 0 saturated heterocycles. The lowest BCUT2D eigenvalue weighted by Gasteiger charge is -2.37. The van der Waals surface area contributed by atoms with Crippen molar-refractivity contribution in [3.63, 3.8) is 0 Å². The zero-order chi connectivity index (χ0) is 13.0. The van der Waals surface area contributed by atoms with E-state index in [0.717, 1.165) is 12.2 Å². The van der Waals surface area contributed by atoms with Gasteiger partial charge in [0, 0.05) is 16.9 Å². The average molecular weight is 267 g/mol. The summed E-state index contributed by atoms with van der Waals surface area (Å²) in [6, 6.07) is 6.58. The summed E-state index contributed by atoms with van der Waals surface area (Å²) in [7, 11) is 1.76. The minimum atomic E-state index is 0.135. The summed E-state index contributed by atoms with van der Waals surface area (Å²) < 4.78 is 5.57. The lowest BCUT2D eigenvalue weighted by atomic mass is 9.70. The van der Waals surface area contributed by atoms with Crippen molar-refractivity contribution in [1.82, 2.24) is 0 Å². The molecule has 0 bridgehead atoms. The molecule has 2 rings (SSSR count). The molecular formula is C16H23ClO. The molecule has 1 aromatic carbocycles. The molecule has 1 saturated carbocycles. The summed E-state index contributed by atoms with van der Waals surface area (Å²) in [5.74, 6) is 1.71. The average Bonchev–Trinajstić information content (AvgIpc) is 2.47. The third-order valence-corrected chi connectivity index (χ3v) is 4.82. The number of hydrogen-bond acceptors (Lipinski definition) is 1. The molecule has 0 radical (unpaired) electrons. The highest BCUT2D eigenvalue weighted by atomic mass is 35.5. The highest BCUT2D eigenvalue weighted by Gasteiger charge is 2.35. The van der Waals surface area contributed by atoms with E-state index in [1.807, 2.05) is 0 Å². The second kappa shape index (κ2) is 5.97. The SMILES string of the molecule is CCc1ccc(OC)c(C2(CCl)CCCCC2)c1. The first kappa shape index (κ1) is 13.7. The molecule has 0 amide bonds. The van der Waals surface area contributed by atoms with Crippen molar-refractivity contribution in [1.29, 1.82) is 0 Å². The van der Waals surface area contributed by atoms with E-state index < -0.39 is 0 Å². The molecule has 1 nitrogen and oxygen atoms in total. The van der Waals surface area contributed by atoms with Gasteiger partial charge in [0.05, 0.1) is 7.11 Å². The third kappa shape index (κ3) is 2.51. The maximum absolute atomic E-state index is 6.34. The van der Waals surface area contributed by atoms with Crippen LogP contribution in [0, 0.1) is 0 Å². The molecular weight excluding hydrogens is 244 g/mol. The number of hydrogen-bond donors (Lipinski definition) is 0. The molecule has 2 heteroatoms. The Morgan fingerprint density at radius 1 is 1.22 bits per heavy atom. The van der Waals surface area contributed by atoms with Crippen LogP contribution in [-0.2, 0) is 11.8 Å². The molecule has 0 aromatic heterocycles. The number of alkyl halides is 1. The van der Waals surface area contributed by atoms with Crippen LogP contribution in [-0.4, -0.2) is 13.0 Å². The zero-order valence-electron chi connectivity index (χ0n) is 11.5. The number of benzene rings is 1. The van der Waals surface area contributed by atoms with Gasteiger partial charge in [-0.25, -0.2) is 0 Å². The molecule has 0 spiro atoms. The van der Waals surface area contributed by atoms with E-state index >= 15 is 0 Å². The minimum Gasteiger partial charge on any atom is -0.496 e. The number of methoxy groups -OCH3 is 1. The van der Waals surface area contributed by atoms with Crippen LogP contribution >= 0.6 is 11.6 Å². The molecule has 18 heavy (non-hydrogen) atoms. The van der Waals surface area contributed by atoms with Gasteiger partial charge in [0.15, 0.2) is 0 Å². The Kier molecular flexibility index (Phi) is 4.55. The fraction of sp³-hybridized carbons (Fsp3) is 0.625. The number of halogens is 1. The molecule has 100 valence electrons. The van der Waals surface area contributed by atoms with Gasteiger partial charge in [-0.2, -0.15) is 0 Å². The van der Waals surface area contributed by atoms with Gasteiger partial charge in [-0.1, -0.05) is 38.3 Å². The second-order valence-corrected chi connectivity index (χ2v) is 5.63. The second-order valence-electron chi connectivity index (χ2n) is 5.36. The van der Waals surface area contributed by atoms with Gasteiger partial charge in [0.2, 0.25) is 0 Å². The molecule has 1 aliphatic rings. The Bertz CT molecular complexity index is 394. The monoisotopic (exact) mass is 266 g/mol. The first-order chi connectivity index (χ1) is 8.75. The van der Waals surface area contributed by atoms with E-state index in [1.54, 1.807) is 7.11 Å². The minimum absolute atomic E-state index is 0.135. The third-order valence-electron chi connectivity index (χ3n) is 4.31. The van der Waals surface area contributed by atoms with Crippen LogP contribution in [0.25, 0.3) is 0 Å². The molecule has 0 heterocycles. The Labute approximate surface area is 115 Å². The smallest absolute Gasteiger partial charge is 0.122 e. The number of ether oxygens (including phenoxy) is 1. The summed E-state index contributed by atoms with van der Waals surface area (Å²) in [6.07, 6.45) is 7.36. The first-order valence-corrected chi connectivity index (χ1v) is 7.52. The number of aryl methyl sites for hydroxylation is 1. The van der Waals surface area contributed by atoms with E-state index in [0.29, 0.717) is 5.88 Å². The van der Waals surface area contributed by atoms with Crippen LogP contribution in [0.5, 0.6) is 5.75 Å². The first-order valence-electron chi connectivity index (χ1n) is 6.99. The molecule has 1 fully saturated rings. The van der Waals surface area contributed by atoms with Crippen molar-refractivity contribution in [2.45, 2.75) is 50.9 Å². The topological polar surface area (TPSA) is 9.23 Å². The van der Waals surface area contributed by atoms with Crippen molar-refractivity contribution in [2.24, 2.45) is 0 Å². The molecule has 0 unspecified atom stereocenters. The lowest BCUT2D eigenvalue weighted by Crippen LogP contribution is -2.31. The van der Waals surface area contributed by atoms with E-state index in [9.17, 15) is 0 Å². The summed E-state index contributed by atoms with van der Waals surface area (Å²) in [5.41, 5.74) is 2.84. The van der Waals surface area contributed by atoms with Crippen molar-refractivity contribution in [3.8, 4) is 5.75 Å². The van der Waals surface area contributed by atoms with Crippen LogP contribution in [0.2, 0.25) is 0 Å². The maximum Gasteiger partial charge on any atom is 0.122 e. The van der Waals surface area contributed by atoms with Gasteiger partial charge >= 0.3 is 0 Å². The van der Waals surface area contributed by atoms with Gasteiger partial charge in [0.1, 0.15) is 5.75 Å². The molecule has 0 atom stereocenters. The lowest BCUT2D eigenvalue weighted by molar-refractivity contribution is 0.307. The fourth-order valence-electron chi connectivity index (χ4n) is 3.09. The van der Waals surface area contributed by atoms with Crippen LogP contribution in [0.1, 0.15) is 50.2 Å². The van der Waals surface area contributed by atoms with Crippen LogP contribution in [0.4, 0.5) is 0 Å². The van der Waals surface area contributed by atoms with Gasteiger partial charge in [-0.15, -0.1) is 11.6 Å². The predicted molar refractivity (Wildman–Crippen MR) is 77.9 cm³/mol. The van der Waals surface area contributed by atoms with Crippen molar-refractivity contribution >= 4 is 11.6 Å². The predicted octanol–water partition coefficient (Wildman–Crippen LogP) is 4.70. The fourth-order valence-corrected chi connectivity index (χ4v) is 3.50. The molecule has 0 aliphatic heterocycles. The highest BCUT2D eigenvalue weighted by molar-refractivity contribution is 6.18. The van der Waals surface area contributed by atoms with Gasteiger partial charge in [0.25, 0.3) is 0 Å². The largest absolute Gasteiger partial charge is 0.496 e. The summed E-state index contributed by atoms with van der Waals surface area (Å²) in [5, 5.41) is 0. The Morgan fingerprint density at radius 2 is 1.94 bits per heavy atom. The van der Waals surface area contributed by atoms with E-state index in [1.165, 1.54) is 43.2 Å². The van der Waals surface area contributed by atoms with Gasteiger partial charge in [-0.3, -0.25) is 0 Å². The molecule has 1 aliphatic carbocycles. The zero-order valence-corrected chi connectivity index (χ0v) is 12.2. The summed E-state index contributed by atoms with van der Waals surface area (Å²) in [4.78, 5) is 0. The van der Waals surface area contributed by atoms with Crippen molar-refractivity contribution in [3.05, 3.63) is 29.3 Å². The van der Waals surface area contributed by atoms with E-state index in [2.05, 4.69) is 25.1 Å².